The molecule has 0 fully saturated rings. The molecule has 2 N–H and O–H groups in total. The summed E-state index contributed by atoms with van der Waals surface area (Å²) in [7, 11) is -1.88. The van der Waals surface area contributed by atoms with Gasteiger partial charge in [0.05, 0.1) is 13.2 Å². The summed E-state index contributed by atoms with van der Waals surface area (Å²) in [4.78, 5) is 10.5. The van der Waals surface area contributed by atoms with Crippen LogP contribution in [0.1, 0.15) is 20.8 Å². The molecule has 0 saturated carbocycles. The van der Waals surface area contributed by atoms with Crippen molar-refractivity contribution in [2.75, 3.05) is 13.2 Å². The molecular formula is C11H22O4Si. The molecule has 0 aliphatic heterocycles. The Kier molecular flexibility index (Phi) is 5.38. The van der Waals surface area contributed by atoms with E-state index in [4.69, 9.17) is 14.6 Å². The van der Waals surface area contributed by atoms with Crippen molar-refractivity contribution in [3.05, 3.63) is 11.6 Å². The van der Waals surface area contributed by atoms with Crippen molar-refractivity contribution in [3.8, 4) is 0 Å². The van der Waals surface area contributed by atoms with Gasteiger partial charge in [-0.15, -0.1) is 0 Å². The van der Waals surface area contributed by atoms with Crippen molar-refractivity contribution in [3.63, 3.8) is 0 Å². The van der Waals surface area contributed by atoms with Gasteiger partial charge in [-0.25, -0.2) is 4.79 Å². The average molecular weight is 246 g/mol. The lowest BCUT2D eigenvalue weighted by atomic mass is 10.2. The molecule has 16 heavy (non-hydrogen) atoms. The lowest BCUT2D eigenvalue weighted by Gasteiger charge is -2.36. The first-order chi connectivity index (χ1) is 7.10. The monoisotopic (exact) mass is 246 g/mol. The minimum atomic E-state index is -1.88. The fourth-order valence-corrected chi connectivity index (χ4v) is 1.78. The molecule has 5 heteroatoms. The zero-order valence-electron chi connectivity index (χ0n) is 10.7. The van der Waals surface area contributed by atoms with Gasteiger partial charge in [0.25, 0.3) is 0 Å². The second kappa shape index (κ2) is 5.61. The van der Waals surface area contributed by atoms with Gasteiger partial charge in [0, 0.05) is 6.08 Å². The molecule has 4 nitrogen and oxygen atoms in total. The van der Waals surface area contributed by atoms with Gasteiger partial charge >= 0.3 is 5.97 Å². The fraction of sp³-hybridized carbons (Fsp3) is 0.727. The molecule has 0 spiro atoms. The first-order valence-electron chi connectivity index (χ1n) is 5.27. The number of aliphatic carboxylic acids is 1. The molecule has 0 atom stereocenters. The van der Waals surface area contributed by atoms with E-state index in [1.54, 1.807) is 0 Å². The molecule has 0 aliphatic carbocycles. The van der Waals surface area contributed by atoms with Crippen LogP contribution in [0.4, 0.5) is 0 Å². The van der Waals surface area contributed by atoms with Gasteiger partial charge in [-0.2, -0.15) is 0 Å². The van der Waals surface area contributed by atoms with Crippen LogP contribution in [-0.4, -0.2) is 37.7 Å². The van der Waals surface area contributed by atoms with Gasteiger partial charge in [-0.3, -0.25) is 0 Å². The smallest absolute Gasteiger partial charge is 0.328 e. The Balaban J connectivity index is 4.49. The Bertz CT molecular complexity index is 276. The Morgan fingerprint density at radius 2 is 1.88 bits per heavy atom. The molecule has 0 saturated heterocycles. The zero-order chi connectivity index (χ0) is 13.0. The van der Waals surface area contributed by atoms with Crippen molar-refractivity contribution in [2.24, 2.45) is 0 Å². The lowest BCUT2D eigenvalue weighted by Crippen LogP contribution is -2.41. The van der Waals surface area contributed by atoms with Crippen LogP contribution in [0.3, 0.4) is 0 Å². The maximum Gasteiger partial charge on any atom is 0.328 e. The summed E-state index contributed by atoms with van der Waals surface area (Å²) in [5, 5.41) is 17.6. The maximum atomic E-state index is 10.5. The van der Waals surface area contributed by atoms with E-state index in [0.717, 1.165) is 6.08 Å². The largest absolute Gasteiger partial charge is 0.478 e. The highest BCUT2D eigenvalue weighted by atomic mass is 28.4. The zero-order valence-corrected chi connectivity index (χ0v) is 11.7. The van der Waals surface area contributed by atoms with Crippen molar-refractivity contribution in [2.45, 2.75) is 38.9 Å². The van der Waals surface area contributed by atoms with E-state index in [2.05, 4.69) is 33.9 Å². The quantitative estimate of drug-likeness (QED) is 0.575. The Hall–Kier alpha value is -0.653. The minimum Gasteiger partial charge on any atom is -0.478 e. The summed E-state index contributed by atoms with van der Waals surface area (Å²) in [6, 6.07) is 0. The first kappa shape index (κ1) is 15.3. The molecule has 0 amide bonds. The minimum absolute atomic E-state index is 0.0801. The van der Waals surface area contributed by atoms with Crippen LogP contribution in [0.15, 0.2) is 11.6 Å². The Labute approximate surface area is 98.1 Å². The molecule has 0 aromatic carbocycles. The predicted octanol–water partition coefficient (Wildman–Crippen LogP) is 2.01. The lowest BCUT2D eigenvalue weighted by molar-refractivity contribution is -0.131. The number of carboxylic acids is 1. The highest BCUT2D eigenvalue weighted by Crippen LogP contribution is 2.36. The van der Waals surface area contributed by atoms with Crippen LogP contribution >= 0.6 is 0 Å². The first-order valence-corrected chi connectivity index (χ1v) is 8.18. The van der Waals surface area contributed by atoms with Crippen LogP contribution in [0.2, 0.25) is 18.1 Å². The van der Waals surface area contributed by atoms with Crippen molar-refractivity contribution in [1.82, 2.24) is 0 Å². The normalized spacial score (nSPS) is 14.0. The number of carboxylic acid groups (broad SMARTS) is 1. The number of hydrogen-bond donors (Lipinski definition) is 2. The summed E-state index contributed by atoms with van der Waals surface area (Å²) >= 11 is 0. The molecule has 0 aromatic heterocycles. The van der Waals surface area contributed by atoms with Crippen molar-refractivity contribution in [1.29, 1.82) is 0 Å². The summed E-state index contributed by atoms with van der Waals surface area (Å²) < 4.78 is 5.80. The van der Waals surface area contributed by atoms with E-state index in [9.17, 15) is 4.79 Å². The van der Waals surface area contributed by atoms with Crippen LogP contribution in [0.5, 0.6) is 0 Å². The van der Waals surface area contributed by atoms with Gasteiger partial charge in [0.15, 0.2) is 8.32 Å². The number of rotatable bonds is 5. The van der Waals surface area contributed by atoms with Gasteiger partial charge < -0.3 is 14.6 Å². The van der Waals surface area contributed by atoms with E-state index >= 15 is 0 Å². The van der Waals surface area contributed by atoms with E-state index < -0.39 is 14.3 Å². The molecule has 94 valence electrons. The molecule has 0 aromatic rings. The number of aliphatic hydroxyl groups excluding tert-OH is 1. The van der Waals surface area contributed by atoms with Crippen LogP contribution in [-0.2, 0) is 9.22 Å². The van der Waals surface area contributed by atoms with E-state index in [0.29, 0.717) is 5.57 Å². The predicted molar refractivity (Wildman–Crippen MR) is 66.0 cm³/mol. The van der Waals surface area contributed by atoms with E-state index in [1.807, 2.05) is 0 Å². The summed E-state index contributed by atoms with van der Waals surface area (Å²) in [5.41, 5.74) is 0.400. The van der Waals surface area contributed by atoms with Crippen LogP contribution < -0.4 is 0 Å². The fourth-order valence-electron chi connectivity index (χ4n) is 0.797. The summed E-state index contributed by atoms with van der Waals surface area (Å²) in [6.07, 6.45) is 1.01. The Morgan fingerprint density at radius 3 is 2.19 bits per heavy atom. The summed E-state index contributed by atoms with van der Waals surface area (Å²) in [6.45, 7) is 10.4. The highest BCUT2D eigenvalue weighted by molar-refractivity contribution is 6.74. The second-order valence-electron chi connectivity index (χ2n) is 5.35. The van der Waals surface area contributed by atoms with Crippen molar-refractivity contribution >= 4 is 14.3 Å². The third-order valence-electron chi connectivity index (χ3n) is 2.96. The highest BCUT2D eigenvalue weighted by Gasteiger charge is 2.37. The van der Waals surface area contributed by atoms with Gasteiger partial charge in [-0.05, 0) is 23.7 Å². The SMILES string of the molecule is CC(C)(C)[Si](C)(C)OC/C(=C\C(=O)O)CO. The van der Waals surface area contributed by atoms with Gasteiger partial charge in [0.2, 0.25) is 0 Å². The van der Waals surface area contributed by atoms with Gasteiger partial charge in [0.1, 0.15) is 0 Å². The molecule has 0 unspecified atom stereocenters. The number of aliphatic hydroxyl groups is 1. The molecule has 0 bridgehead atoms. The average Bonchev–Trinajstić information content (AvgIpc) is 2.09. The molecule has 0 heterocycles. The topological polar surface area (TPSA) is 66.8 Å². The number of hydrogen-bond acceptors (Lipinski definition) is 3. The van der Waals surface area contributed by atoms with E-state index in [1.165, 1.54) is 0 Å². The third-order valence-corrected chi connectivity index (χ3v) is 7.43. The van der Waals surface area contributed by atoms with E-state index in [-0.39, 0.29) is 18.3 Å². The second-order valence-corrected chi connectivity index (χ2v) is 10.2. The maximum absolute atomic E-state index is 10.5. The number of carbonyl (C=O) groups is 1. The molecule has 0 aliphatic rings. The molecular weight excluding hydrogens is 224 g/mol. The summed E-state index contributed by atoms with van der Waals surface area (Å²) in [5.74, 6) is -1.05. The molecule has 0 radical (unpaired) electrons. The van der Waals surface area contributed by atoms with Crippen LogP contribution in [0.25, 0.3) is 0 Å². The third kappa shape index (κ3) is 4.91. The van der Waals surface area contributed by atoms with Crippen molar-refractivity contribution < 1.29 is 19.4 Å². The Morgan fingerprint density at radius 1 is 1.38 bits per heavy atom. The van der Waals surface area contributed by atoms with Crippen LogP contribution in [0, 0.1) is 0 Å². The molecule has 0 rings (SSSR count). The van der Waals surface area contributed by atoms with Gasteiger partial charge in [-0.1, -0.05) is 20.8 Å². The standard InChI is InChI=1S/C11H22O4Si/c1-11(2,3)16(4,5)15-8-9(7-12)6-10(13)14/h6,12H,7-8H2,1-5H3,(H,13,14)/b9-6-.